The molecule has 21 heavy (non-hydrogen) atoms. The maximum Gasteiger partial charge on any atom is 0.323 e. The third-order valence-electron chi connectivity index (χ3n) is 3.74. The summed E-state index contributed by atoms with van der Waals surface area (Å²) in [5.74, 6) is -1.37. The van der Waals surface area contributed by atoms with Gasteiger partial charge in [0.25, 0.3) is 0 Å². The van der Waals surface area contributed by atoms with Gasteiger partial charge in [0.15, 0.2) is 0 Å². The molecule has 1 aliphatic rings. The van der Waals surface area contributed by atoms with E-state index in [4.69, 9.17) is 4.74 Å². The fourth-order valence-corrected chi connectivity index (χ4v) is 2.50. The van der Waals surface area contributed by atoms with Crippen LogP contribution < -0.4 is 4.90 Å². The summed E-state index contributed by atoms with van der Waals surface area (Å²) in [6.07, 6.45) is 0. The highest BCUT2D eigenvalue weighted by atomic mass is 19.1. The van der Waals surface area contributed by atoms with Gasteiger partial charge in [-0.05, 0) is 26.0 Å². The monoisotopic (exact) mass is 298 g/mol. The average molecular weight is 298 g/mol. The Balaban J connectivity index is 1.95. The Morgan fingerprint density at radius 3 is 2.52 bits per heavy atom. The lowest BCUT2D eigenvalue weighted by Gasteiger charge is -2.38. The van der Waals surface area contributed by atoms with Crippen molar-refractivity contribution in [3.05, 3.63) is 29.8 Å². The van der Waals surface area contributed by atoms with Crippen LogP contribution >= 0.6 is 0 Å². The van der Waals surface area contributed by atoms with Gasteiger partial charge in [0.1, 0.15) is 17.7 Å². The number of hydrogen-bond donors (Lipinski definition) is 0. The molecule has 1 fully saturated rings. The predicted octanol–water partition coefficient (Wildman–Crippen LogP) is 2.04. The Hall–Kier alpha value is -1.69. The smallest absolute Gasteiger partial charge is 0.323 e. The summed E-state index contributed by atoms with van der Waals surface area (Å²) in [4.78, 5) is 15.6. The van der Waals surface area contributed by atoms with Gasteiger partial charge in [0, 0.05) is 32.2 Å². The number of anilines is 1. The standard InChI is InChI=1S/C15H20F2N2O2/c1-3-21-15(20)11(2)18-6-8-19(9-7-18)14-5-4-12(16)10-13(14)17/h4-5,10-11H,3,6-9H2,1-2H3. The minimum atomic E-state index is -0.578. The maximum absolute atomic E-state index is 13.7. The zero-order valence-electron chi connectivity index (χ0n) is 12.3. The minimum absolute atomic E-state index is 0.237. The maximum atomic E-state index is 13.7. The summed E-state index contributed by atoms with van der Waals surface area (Å²) in [5, 5.41) is 0. The van der Waals surface area contributed by atoms with Crippen molar-refractivity contribution >= 4 is 11.7 Å². The predicted molar refractivity (Wildman–Crippen MR) is 76.2 cm³/mol. The molecule has 1 aromatic carbocycles. The van der Waals surface area contributed by atoms with Gasteiger partial charge in [-0.2, -0.15) is 0 Å². The third kappa shape index (κ3) is 3.69. The van der Waals surface area contributed by atoms with Crippen molar-refractivity contribution in [1.82, 2.24) is 4.90 Å². The van der Waals surface area contributed by atoms with E-state index >= 15 is 0 Å². The highest BCUT2D eigenvalue weighted by Crippen LogP contribution is 2.22. The first-order valence-electron chi connectivity index (χ1n) is 7.13. The van der Waals surface area contributed by atoms with Gasteiger partial charge < -0.3 is 9.64 Å². The molecular formula is C15H20F2N2O2. The zero-order valence-corrected chi connectivity index (χ0v) is 12.3. The second-order valence-electron chi connectivity index (χ2n) is 5.05. The van der Waals surface area contributed by atoms with E-state index in [0.29, 0.717) is 38.5 Å². The summed E-state index contributed by atoms with van der Waals surface area (Å²) >= 11 is 0. The second-order valence-corrected chi connectivity index (χ2v) is 5.05. The van der Waals surface area contributed by atoms with Crippen molar-refractivity contribution in [1.29, 1.82) is 0 Å². The molecule has 1 saturated heterocycles. The van der Waals surface area contributed by atoms with Crippen LogP contribution in [-0.2, 0) is 9.53 Å². The Labute approximate surface area is 123 Å². The van der Waals surface area contributed by atoms with Crippen molar-refractivity contribution in [2.45, 2.75) is 19.9 Å². The van der Waals surface area contributed by atoms with Crippen molar-refractivity contribution in [2.24, 2.45) is 0 Å². The molecule has 1 aromatic rings. The molecule has 0 aliphatic carbocycles. The first-order chi connectivity index (χ1) is 10.0. The molecule has 2 rings (SSSR count). The number of benzene rings is 1. The lowest BCUT2D eigenvalue weighted by Crippen LogP contribution is -2.52. The molecule has 116 valence electrons. The Bertz CT molecular complexity index is 502. The molecule has 1 aliphatic heterocycles. The number of rotatable bonds is 4. The molecule has 0 amide bonds. The van der Waals surface area contributed by atoms with Crippen molar-refractivity contribution < 1.29 is 18.3 Å². The van der Waals surface area contributed by atoms with Gasteiger partial charge in [-0.25, -0.2) is 8.78 Å². The average Bonchev–Trinajstić information content (AvgIpc) is 2.47. The topological polar surface area (TPSA) is 32.8 Å². The third-order valence-corrected chi connectivity index (χ3v) is 3.74. The Morgan fingerprint density at radius 1 is 1.29 bits per heavy atom. The fraction of sp³-hybridized carbons (Fsp3) is 0.533. The van der Waals surface area contributed by atoms with Crippen LogP contribution in [0.3, 0.4) is 0 Å². The summed E-state index contributed by atoms with van der Waals surface area (Å²) < 4.78 is 31.7. The molecule has 0 aromatic heterocycles. The van der Waals surface area contributed by atoms with Crippen LogP contribution in [0, 0.1) is 11.6 Å². The van der Waals surface area contributed by atoms with Crippen molar-refractivity contribution in [3.63, 3.8) is 0 Å². The molecule has 0 bridgehead atoms. The van der Waals surface area contributed by atoms with Gasteiger partial charge in [0.2, 0.25) is 0 Å². The number of nitrogens with zero attached hydrogens (tertiary/aromatic N) is 2. The fourth-order valence-electron chi connectivity index (χ4n) is 2.50. The zero-order chi connectivity index (χ0) is 15.4. The quantitative estimate of drug-likeness (QED) is 0.796. The molecule has 1 atom stereocenters. The van der Waals surface area contributed by atoms with Crippen molar-refractivity contribution in [3.8, 4) is 0 Å². The first kappa shape index (κ1) is 15.7. The van der Waals surface area contributed by atoms with E-state index < -0.39 is 11.6 Å². The Morgan fingerprint density at radius 2 is 1.95 bits per heavy atom. The molecule has 0 radical (unpaired) electrons. The van der Waals surface area contributed by atoms with Crippen LogP contribution in [0.1, 0.15) is 13.8 Å². The summed E-state index contributed by atoms with van der Waals surface area (Å²) in [5.41, 5.74) is 0.403. The van der Waals surface area contributed by atoms with E-state index in [1.54, 1.807) is 6.92 Å². The summed E-state index contributed by atoms with van der Waals surface area (Å²) in [6, 6.07) is 3.30. The number of hydrogen-bond acceptors (Lipinski definition) is 4. The molecule has 0 saturated carbocycles. The summed E-state index contributed by atoms with van der Waals surface area (Å²) in [6.45, 7) is 6.40. The molecule has 0 N–H and O–H groups in total. The van der Waals surface area contributed by atoms with Crippen LogP contribution in [0.15, 0.2) is 18.2 Å². The van der Waals surface area contributed by atoms with E-state index in [0.717, 1.165) is 6.07 Å². The second kappa shape index (κ2) is 6.85. The van der Waals surface area contributed by atoms with Crippen LogP contribution in [-0.4, -0.2) is 49.7 Å². The lowest BCUT2D eigenvalue weighted by molar-refractivity contribution is -0.149. The van der Waals surface area contributed by atoms with Gasteiger partial charge in [-0.1, -0.05) is 0 Å². The van der Waals surface area contributed by atoms with Crippen LogP contribution in [0.4, 0.5) is 14.5 Å². The molecular weight excluding hydrogens is 278 g/mol. The van der Waals surface area contributed by atoms with Crippen molar-refractivity contribution in [2.75, 3.05) is 37.7 Å². The largest absolute Gasteiger partial charge is 0.465 e. The number of ether oxygens (including phenoxy) is 1. The van der Waals surface area contributed by atoms with Crippen LogP contribution in [0.2, 0.25) is 0 Å². The molecule has 1 heterocycles. The van der Waals surface area contributed by atoms with Gasteiger partial charge in [-0.3, -0.25) is 9.69 Å². The Kier molecular flexibility index (Phi) is 5.12. The van der Waals surface area contributed by atoms with Gasteiger partial charge in [0.05, 0.1) is 12.3 Å². The minimum Gasteiger partial charge on any atom is -0.465 e. The van der Waals surface area contributed by atoms with Crippen LogP contribution in [0.5, 0.6) is 0 Å². The number of esters is 1. The van der Waals surface area contributed by atoms with Crippen LogP contribution in [0.25, 0.3) is 0 Å². The normalized spacial score (nSPS) is 17.6. The van der Waals surface area contributed by atoms with E-state index in [-0.39, 0.29) is 12.0 Å². The van der Waals surface area contributed by atoms with E-state index in [2.05, 4.69) is 0 Å². The molecule has 0 spiro atoms. The summed E-state index contributed by atoms with van der Waals surface area (Å²) in [7, 11) is 0. The van der Waals surface area contributed by atoms with E-state index in [1.807, 2.05) is 16.7 Å². The highest BCUT2D eigenvalue weighted by Gasteiger charge is 2.27. The SMILES string of the molecule is CCOC(=O)C(C)N1CCN(c2ccc(F)cc2F)CC1. The number of carbonyl (C=O) groups excluding carboxylic acids is 1. The first-order valence-corrected chi connectivity index (χ1v) is 7.13. The number of carbonyl (C=O) groups is 1. The van der Waals surface area contributed by atoms with Gasteiger partial charge >= 0.3 is 5.97 Å². The number of halogens is 2. The van der Waals surface area contributed by atoms with E-state index in [9.17, 15) is 13.6 Å². The molecule has 6 heteroatoms. The molecule has 4 nitrogen and oxygen atoms in total. The lowest BCUT2D eigenvalue weighted by atomic mass is 10.2. The highest BCUT2D eigenvalue weighted by molar-refractivity contribution is 5.75. The van der Waals surface area contributed by atoms with Gasteiger partial charge in [-0.15, -0.1) is 0 Å². The molecule has 1 unspecified atom stereocenters. The van der Waals surface area contributed by atoms with E-state index in [1.165, 1.54) is 12.1 Å². The number of piperazine rings is 1.